The van der Waals surface area contributed by atoms with Crippen LogP contribution in [0.25, 0.3) is 0 Å². The van der Waals surface area contributed by atoms with Gasteiger partial charge in [-0.15, -0.1) is 0 Å². The lowest BCUT2D eigenvalue weighted by molar-refractivity contribution is -0.164. The number of carbonyl (C=O) groups is 1. The second-order valence-electron chi connectivity index (χ2n) is 1.52. The second kappa shape index (κ2) is 5.13. The molecule has 0 radical (unpaired) electrons. The minimum absolute atomic E-state index is 0.0516. The van der Waals surface area contributed by atoms with E-state index >= 15 is 0 Å². The van der Waals surface area contributed by atoms with E-state index in [1.807, 2.05) is 0 Å². The van der Waals surface area contributed by atoms with Gasteiger partial charge in [-0.1, -0.05) is 0 Å². The standard InChI is InChI=1S/C5H9FO4/c1-9-2-3-10-4(6)5(7)8/h4H,2-3H2,1H3,(H,7,8). The summed E-state index contributed by atoms with van der Waals surface area (Å²) in [5.41, 5.74) is 0. The van der Waals surface area contributed by atoms with Crippen LogP contribution in [0.4, 0.5) is 4.39 Å². The van der Waals surface area contributed by atoms with E-state index in [2.05, 4.69) is 9.47 Å². The van der Waals surface area contributed by atoms with E-state index in [0.717, 1.165) is 0 Å². The number of carboxylic acids is 1. The molecule has 1 atom stereocenters. The fraction of sp³-hybridized carbons (Fsp3) is 0.800. The van der Waals surface area contributed by atoms with Crippen LogP contribution < -0.4 is 0 Å². The van der Waals surface area contributed by atoms with Gasteiger partial charge in [0.25, 0.3) is 6.36 Å². The molecule has 0 aromatic carbocycles. The molecule has 5 heteroatoms. The molecule has 0 aliphatic rings. The number of halogens is 1. The van der Waals surface area contributed by atoms with Gasteiger partial charge in [0, 0.05) is 7.11 Å². The van der Waals surface area contributed by atoms with E-state index < -0.39 is 12.3 Å². The van der Waals surface area contributed by atoms with Crippen molar-refractivity contribution >= 4 is 5.97 Å². The Bertz CT molecular complexity index is 106. The molecular weight excluding hydrogens is 143 g/mol. The topological polar surface area (TPSA) is 55.8 Å². The third kappa shape index (κ3) is 4.22. The van der Waals surface area contributed by atoms with Crippen LogP contribution >= 0.6 is 0 Å². The van der Waals surface area contributed by atoms with Crippen LogP contribution in [0.1, 0.15) is 0 Å². The Morgan fingerprint density at radius 3 is 2.70 bits per heavy atom. The number of ether oxygens (including phenoxy) is 2. The Morgan fingerprint density at radius 1 is 1.70 bits per heavy atom. The quantitative estimate of drug-likeness (QED) is 0.564. The van der Waals surface area contributed by atoms with Crippen molar-refractivity contribution in [3.63, 3.8) is 0 Å². The lowest BCUT2D eigenvalue weighted by atomic mass is 10.7. The Hall–Kier alpha value is -0.680. The van der Waals surface area contributed by atoms with Crippen LogP contribution in [0, 0.1) is 0 Å². The highest BCUT2D eigenvalue weighted by atomic mass is 19.1. The van der Waals surface area contributed by atoms with Gasteiger partial charge in [-0.25, -0.2) is 9.18 Å². The van der Waals surface area contributed by atoms with Crippen LogP contribution in [-0.4, -0.2) is 37.8 Å². The summed E-state index contributed by atoms with van der Waals surface area (Å²) in [4.78, 5) is 9.75. The SMILES string of the molecule is COCCOC(F)C(=O)O. The van der Waals surface area contributed by atoms with E-state index in [0.29, 0.717) is 0 Å². The molecule has 0 aromatic heterocycles. The molecule has 10 heavy (non-hydrogen) atoms. The number of hydrogen-bond donors (Lipinski definition) is 1. The largest absolute Gasteiger partial charge is 0.477 e. The minimum Gasteiger partial charge on any atom is -0.477 e. The maximum atomic E-state index is 12.0. The Kier molecular flexibility index (Phi) is 4.78. The summed E-state index contributed by atoms with van der Waals surface area (Å²) in [7, 11) is 1.41. The molecule has 1 N–H and O–H groups in total. The predicted molar refractivity (Wildman–Crippen MR) is 30.4 cm³/mol. The lowest BCUT2D eigenvalue weighted by Gasteiger charge is -2.03. The smallest absolute Gasteiger partial charge is 0.366 e. The van der Waals surface area contributed by atoms with Crippen LogP contribution in [0.3, 0.4) is 0 Å². The van der Waals surface area contributed by atoms with Gasteiger partial charge in [0.15, 0.2) is 0 Å². The van der Waals surface area contributed by atoms with Crippen molar-refractivity contribution < 1.29 is 23.8 Å². The Balaban J connectivity index is 3.21. The van der Waals surface area contributed by atoms with Gasteiger partial charge >= 0.3 is 5.97 Å². The number of methoxy groups -OCH3 is 1. The second-order valence-corrected chi connectivity index (χ2v) is 1.52. The molecule has 0 amide bonds. The van der Waals surface area contributed by atoms with E-state index in [1.54, 1.807) is 0 Å². The lowest BCUT2D eigenvalue weighted by Crippen LogP contribution is -2.20. The summed E-state index contributed by atoms with van der Waals surface area (Å²) in [5.74, 6) is -1.61. The van der Waals surface area contributed by atoms with E-state index in [9.17, 15) is 9.18 Å². The molecule has 0 spiro atoms. The van der Waals surface area contributed by atoms with Crippen LogP contribution in [-0.2, 0) is 14.3 Å². The number of aliphatic carboxylic acids is 1. The number of carboxylic acid groups (broad SMARTS) is 1. The molecule has 60 valence electrons. The van der Waals surface area contributed by atoms with Crippen LogP contribution in [0.15, 0.2) is 0 Å². The first kappa shape index (κ1) is 9.32. The maximum Gasteiger partial charge on any atom is 0.366 e. The third-order valence-corrected chi connectivity index (χ3v) is 0.746. The van der Waals surface area contributed by atoms with Gasteiger partial charge in [-0.2, -0.15) is 0 Å². The van der Waals surface area contributed by atoms with Crippen LogP contribution in [0.2, 0.25) is 0 Å². The highest BCUT2D eigenvalue weighted by Gasteiger charge is 2.14. The first-order chi connectivity index (χ1) is 4.68. The minimum atomic E-state index is -2.24. The molecule has 0 saturated heterocycles. The highest BCUT2D eigenvalue weighted by molar-refractivity contribution is 5.70. The average Bonchev–Trinajstić information content (AvgIpc) is 1.88. The van der Waals surface area contributed by atoms with Gasteiger partial charge in [0.05, 0.1) is 13.2 Å². The Labute approximate surface area is 57.5 Å². The molecule has 0 aliphatic carbocycles. The van der Waals surface area contributed by atoms with E-state index in [4.69, 9.17) is 5.11 Å². The summed E-state index contributed by atoms with van der Waals surface area (Å²) >= 11 is 0. The van der Waals surface area contributed by atoms with Crippen LogP contribution in [0.5, 0.6) is 0 Å². The van der Waals surface area contributed by atoms with Crippen molar-refractivity contribution in [2.75, 3.05) is 20.3 Å². The molecule has 0 bridgehead atoms. The van der Waals surface area contributed by atoms with Crippen molar-refractivity contribution in [2.24, 2.45) is 0 Å². The molecule has 4 nitrogen and oxygen atoms in total. The molecule has 0 rings (SSSR count). The summed E-state index contributed by atoms with van der Waals surface area (Å²) in [6, 6.07) is 0. The van der Waals surface area contributed by atoms with Crippen molar-refractivity contribution in [3.8, 4) is 0 Å². The monoisotopic (exact) mass is 152 g/mol. The number of rotatable bonds is 5. The van der Waals surface area contributed by atoms with Crippen molar-refractivity contribution in [1.82, 2.24) is 0 Å². The first-order valence-corrected chi connectivity index (χ1v) is 2.66. The number of alkyl halides is 1. The highest BCUT2D eigenvalue weighted by Crippen LogP contribution is 1.92. The van der Waals surface area contributed by atoms with Crippen molar-refractivity contribution in [1.29, 1.82) is 0 Å². The Morgan fingerprint density at radius 2 is 2.30 bits per heavy atom. The summed E-state index contributed by atoms with van der Waals surface area (Å²) in [5, 5.41) is 7.94. The molecule has 0 aliphatic heterocycles. The summed E-state index contributed by atoms with van der Waals surface area (Å²) in [6.45, 7) is 0.137. The zero-order chi connectivity index (χ0) is 7.98. The van der Waals surface area contributed by atoms with E-state index in [1.165, 1.54) is 7.11 Å². The fourth-order valence-electron chi connectivity index (χ4n) is 0.306. The van der Waals surface area contributed by atoms with Gasteiger partial charge in [-0.3, -0.25) is 0 Å². The average molecular weight is 152 g/mol. The zero-order valence-corrected chi connectivity index (χ0v) is 5.54. The molecule has 0 saturated carbocycles. The molecule has 1 unspecified atom stereocenters. The van der Waals surface area contributed by atoms with Gasteiger partial charge in [-0.05, 0) is 0 Å². The zero-order valence-electron chi connectivity index (χ0n) is 5.54. The third-order valence-electron chi connectivity index (χ3n) is 0.746. The molecule has 0 heterocycles. The summed E-state index contributed by atoms with van der Waals surface area (Å²) in [6.07, 6.45) is -2.24. The molecular formula is C5H9FO4. The van der Waals surface area contributed by atoms with Gasteiger partial charge in [0.2, 0.25) is 0 Å². The summed E-state index contributed by atoms with van der Waals surface area (Å²) < 4.78 is 20.6. The van der Waals surface area contributed by atoms with Crippen molar-refractivity contribution in [2.45, 2.75) is 6.36 Å². The predicted octanol–water partition coefficient (Wildman–Crippen LogP) is 0.0296. The van der Waals surface area contributed by atoms with E-state index in [-0.39, 0.29) is 13.2 Å². The first-order valence-electron chi connectivity index (χ1n) is 2.66. The van der Waals surface area contributed by atoms with Gasteiger partial charge < -0.3 is 14.6 Å². The maximum absolute atomic E-state index is 12.0. The molecule has 0 fully saturated rings. The molecule has 0 aromatic rings. The van der Waals surface area contributed by atoms with Crippen molar-refractivity contribution in [3.05, 3.63) is 0 Å². The normalized spacial score (nSPS) is 13.0. The van der Waals surface area contributed by atoms with Gasteiger partial charge in [0.1, 0.15) is 0 Å². The number of hydrogen-bond acceptors (Lipinski definition) is 3. The fourth-order valence-corrected chi connectivity index (χ4v) is 0.306.